The third-order valence-electron chi connectivity index (χ3n) is 3.10. The summed E-state index contributed by atoms with van der Waals surface area (Å²) in [4.78, 5) is 0. The Hall–Kier alpha value is -2.16. The number of anilines is 3. The van der Waals surface area contributed by atoms with E-state index in [1.807, 2.05) is 18.2 Å². The third-order valence-corrected chi connectivity index (χ3v) is 3.10. The summed E-state index contributed by atoms with van der Waals surface area (Å²) in [5.41, 5.74) is 9.97. The highest BCUT2D eigenvalue weighted by molar-refractivity contribution is 5.67. The monoisotopic (exact) mass is 270 g/mol. The molecule has 2 rings (SSSR count). The van der Waals surface area contributed by atoms with Crippen LogP contribution in [-0.2, 0) is 6.42 Å². The summed E-state index contributed by atoms with van der Waals surface area (Å²) in [5, 5.41) is 3.39. The van der Waals surface area contributed by atoms with E-state index in [0.29, 0.717) is 12.3 Å². The van der Waals surface area contributed by atoms with Gasteiger partial charge in [-0.3, -0.25) is 0 Å². The third kappa shape index (κ3) is 3.67. The zero-order valence-corrected chi connectivity index (χ0v) is 12.1. The summed E-state index contributed by atoms with van der Waals surface area (Å²) in [6.07, 6.45) is 2.00. The van der Waals surface area contributed by atoms with Gasteiger partial charge in [-0.15, -0.1) is 0 Å². The molecule has 0 bridgehead atoms. The minimum atomic E-state index is 0.673. The molecule has 0 amide bonds. The Morgan fingerprint density at radius 1 is 1.05 bits per heavy atom. The predicted octanol–water partition coefficient (Wildman–Crippen LogP) is 4.36. The van der Waals surface area contributed by atoms with E-state index in [0.717, 1.165) is 30.0 Å². The highest BCUT2D eigenvalue weighted by atomic mass is 16.5. The number of aryl methyl sites for hydroxylation is 1. The highest BCUT2D eigenvalue weighted by Crippen LogP contribution is 2.27. The second-order valence-electron chi connectivity index (χ2n) is 4.78. The number of nitrogens with two attached hydrogens (primary N) is 1. The van der Waals surface area contributed by atoms with E-state index in [1.165, 1.54) is 5.56 Å². The maximum atomic E-state index is 5.92. The fraction of sp³-hybridized carbons (Fsp3) is 0.294. The molecule has 0 aliphatic rings. The van der Waals surface area contributed by atoms with Gasteiger partial charge in [0.25, 0.3) is 0 Å². The van der Waals surface area contributed by atoms with E-state index >= 15 is 0 Å². The predicted molar refractivity (Wildman–Crippen MR) is 85.7 cm³/mol. The number of benzene rings is 2. The van der Waals surface area contributed by atoms with Crippen LogP contribution in [0.3, 0.4) is 0 Å². The summed E-state index contributed by atoms with van der Waals surface area (Å²) >= 11 is 0. The fourth-order valence-corrected chi connectivity index (χ4v) is 1.98. The second-order valence-corrected chi connectivity index (χ2v) is 4.78. The zero-order valence-electron chi connectivity index (χ0n) is 12.1. The summed E-state index contributed by atoms with van der Waals surface area (Å²) in [6, 6.07) is 14.2. The van der Waals surface area contributed by atoms with Crippen molar-refractivity contribution in [1.29, 1.82) is 0 Å². The minimum absolute atomic E-state index is 0.673. The number of hydrogen-bond donors (Lipinski definition) is 2. The Labute approximate surface area is 120 Å². The Bertz CT molecular complexity index is 567. The topological polar surface area (TPSA) is 47.3 Å². The molecule has 106 valence electrons. The molecular formula is C17H22N2O. The molecule has 0 heterocycles. The lowest BCUT2D eigenvalue weighted by Gasteiger charge is -2.12. The van der Waals surface area contributed by atoms with E-state index in [9.17, 15) is 0 Å². The van der Waals surface area contributed by atoms with Gasteiger partial charge >= 0.3 is 0 Å². The molecular weight excluding hydrogens is 248 g/mol. The summed E-state index contributed by atoms with van der Waals surface area (Å²) in [7, 11) is 0. The van der Waals surface area contributed by atoms with Crippen molar-refractivity contribution in [2.24, 2.45) is 0 Å². The Balaban J connectivity index is 2.16. The normalized spacial score (nSPS) is 10.3. The summed E-state index contributed by atoms with van der Waals surface area (Å²) < 4.78 is 5.64. The average Bonchev–Trinajstić information content (AvgIpc) is 2.48. The lowest BCUT2D eigenvalue weighted by atomic mass is 10.1. The largest absolute Gasteiger partial charge is 0.491 e. The molecule has 0 aliphatic heterocycles. The van der Waals surface area contributed by atoms with Crippen LogP contribution in [0.4, 0.5) is 17.1 Å². The van der Waals surface area contributed by atoms with Crippen molar-refractivity contribution in [1.82, 2.24) is 0 Å². The van der Waals surface area contributed by atoms with E-state index in [1.54, 1.807) is 0 Å². The van der Waals surface area contributed by atoms with Crippen LogP contribution in [0.5, 0.6) is 5.75 Å². The first-order valence-electron chi connectivity index (χ1n) is 7.11. The van der Waals surface area contributed by atoms with Gasteiger partial charge in [-0.1, -0.05) is 26.0 Å². The Morgan fingerprint density at radius 3 is 2.60 bits per heavy atom. The molecule has 3 N–H and O–H groups in total. The van der Waals surface area contributed by atoms with Gasteiger partial charge in [0.05, 0.1) is 12.3 Å². The van der Waals surface area contributed by atoms with Crippen LogP contribution in [0.1, 0.15) is 25.8 Å². The van der Waals surface area contributed by atoms with Gasteiger partial charge in [0, 0.05) is 17.4 Å². The van der Waals surface area contributed by atoms with Crippen LogP contribution in [-0.4, -0.2) is 6.61 Å². The van der Waals surface area contributed by atoms with Crippen molar-refractivity contribution < 1.29 is 4.74 Å². The van der Waals surface area contributed by atoms with Gasteiger partial charge in [-0.05, 0) is 42.7 Å². The Kier molecular flexibility index (Phi) is 4.88. The molecule has 2 aromatic carbocycles. The lowest BCUT2D eigenvalue weighted by Crippen LogP contribution is -2.00. The SMILES string of the molecule is CCCOc1cc(Nc2cccc(CC)c2)ccc1N. The lowest BCUT2D eigenvalue weighted by molar-refractivity contribution is 0.319. The highest BCUT2D eigenvalue weighted by Gasteiger charge is 2.03. The maximum Gasteiger partial charge on any atom is 0.144 e. The summed E-state index contributed by atoms with van der Waals surface area (Å²) in [5.74, 6) is 0.739. The minimum Gasteiger partial charge on any atom is -0.491 e. The van der Waals surface area contributed by atoms with Crippen LogP contribution in [0.15, 0.2) is 42.5 Å². The number of hydrogen-bond acceptors (Lipinski definition) is 3. The molecule has 0 saturated carbocycles. The quantitative estimate of drug-likeness (QED) is 0.766. The van der Waals surface area contributed by atoms with E-state index in [4.69, 9.17) is 10.5 Å². The molecule has 0 atom stereocenters. The van der Waals surface area contributed by atoms with Gasteiger partial charge in [-0.25, -0.2) is 0 Å². The maximum absolute atomic E-state index is 5.92. The van der Waals surface area contributed by atoms with Gasteiger partial charge < -0.3 is 15.8 Å². The molecule has 0 fully saturated rings. The van der Waals surface area contributed by atoms with Crippen LogP contribution < -0.4 is 15.8 Å². The van der Waals surface area contributed by atoms with Crippen molar-refractivity contribution in [3.8, 4) is 5.75 Å². The molecule has 0 aromatic heterocycles. The number of rotatable bonds is 6. The van der Waals surface area contributed by atoms with Crippen LogP contribution in [0.25, 0.3) is 0 Å². The molecule has 0 radical (unpaired) electrons. The van der Waals surface area contributed by atoms with E-state index in [-0.39, 0.29) is 0 Å². The van der Waals surface area contributed by atoms with Crippen LogP contribution in [0, 0.1) is 0 Å². The fourth-order valence-electron chi connectivity index (χ4n) is 1.98. The zero-order chi connectivity index (χ0) is 14.4. The molecule has 0 unspecified atom stereocenters. The van der Waals surface area contributed by atoms with Crippen molar-refractivity contribution in [2.45, 2.75) is 26.7 Å². The molecule has 3 heteroatoms. The molecule has 3 nitrogen and oxygen atoms in total. The van der Waals surface area contributed by atoms with Crippen LogP contribution in [0.2, 0.25) is 0 Å². The number of ether oxygens (including phenoxy) is 1. The summed E-state index contributed by atoms with van der Waals surface area (Å²) in [6.45, 7) is 4.91. The standard InChI is InChI=1S/C17H22N2O/c1-3-10-20-17-12-15(8-9-16(17)18)19-14-7-5-6-13(4-2)11-14/h5-9,11-12,19H,3-4,10,18H2,1-2H3. The molecule has 0 aliphatic carbocycles. The number of nitrogen functional groups attached to an aromatic ring is 1. The van der Waals surface area contributed by atoms with Gasteiger partial charge in [0.15, 0.2) is 0 Å². The number of nitrogens with one attached hydrogen (secondary N) is 1. The van der Waals surface area contributed by atoms with Gasteiger partial charge in [0.1, 0.15) is 5.75 Å². The van der Waals surface area contributed by atoms with Crippen molar-refractivity contribution in [3.63, 3.8) is 0 Å². The Morgan fingerprint density at radius 2 is 1.85 bits per heavy atom. The second kappa shape index (κ2) is 6.85. The van der Waals surface area contributed by atoms with E-state index in [2.05, 4.69) is 43.4 Å². The smallest absolute Gasteiger partial charge is 0.144 e. The molecule has 0 spiro atoms. The average molecular weight is 270 g/mol. The van der Waals surface area contributed by atoms with Crippen molar-refractivity contribution in [2.75, 3.05) is 17.7 Å². The van der Waals surface area contributed by atoms with Gasteiger partial charge in [0.2, 0.25) is 0 Å². The van der Waals surface area contributed by atoms with Crippen molar-refractivity contribution >= 4 is 17.1 Å². The molecule has 2 aromatic rings. The van der Waals surface area contributed by atoms with E-state index < -0.39 is 0 Å². The first-order chi connectivity index (χ1) is 9.72. The molecule has 0 saturated heterocycles. The van der Waals surface area contributed by atoms with Gasteiger partial charge in [-0.2, -0.15) is 0 Å². The molecule has 20 heavy (non-hydrogen) atoms. The van der Waals surface area contributed by atoms with Crippen molar-refractivity contribution in [3.05, 3.63) is 48.0 Å². The first-order valence-corrected chi connectivity index (χ1v) is 7.11. The van der Waals surface area contributed by atoms with Crippen LogP contribution >= 0.6 is 0 Å². The first kappa shape index (κ1) is 14.3.